The van der Waals surface area contributed by atoms with Crippen LogP contribution in [0.15, 0.2) is 42.5 Å². The van der Waals surface area contributed by atoms with E-state index in [0.29, 0.717) is 0 Å². The molecular weight excluding hydrogens is 246 g/mol. The van der Waals surface area contributed by atoms with Gasteiger partial charge in [0.1, 0.15) is 17.7 Å². The van der Waals surface area contributed by atoms with Crippen LogP contribution >= 0.6 is 0 Å². The summed E-state index contributed by atoms with van der Waals surface area (Å²) in [6, 6.07) is 11.7. The minimum atomic E-state index is -0.859. The van der Waals surface area contributed by atoms with Crippen LogP contribution in [0.3, 0.4) is 0 Å². The molecule has 0 saturated carbocycles. The quantitative estimate of drug-likeness (QED) is 0.904. The molecule has 0 heterocycles. The number of nitriles is 1. The Morgan fingerprint density at radius 3 is 2.58 bits per heavy atom. The summed E-state index contributed by atoms with van der Waals surface area (Å²) in [5, 5.41) is 12.1. The second-order valence-electron chi connectivity index (χ2n) is 4.24. The van der Waals surface area contributed by atoms with Crippen molar-refractivity contribution in [2.45, 2.75) is 13.0 Å². The van der Waals surface area contributed by atoms with E-state index in [1.165, 1.54) is 6.07 Å². The first kappa shape index (κ1) is 13.0. The van der Waals surface area contributed by atoms with Crippen molar-refractivity contribution >= 4 is 5.69 Å². The van der Waals surface area contributed by atoms with E-state index in [1.54, 1.807) is 6.07 Å². The van der Waals surface area contributed by atoms with Crippen molar-refractivity contribution in [2.24, 2.45) is 0 Å². The predicted octanol–water partition coefficient (Wildman–Crippen LogP) is 3.95. The highest BCUT2D eigenvalue weighted by molar-refractivity contribution is 5.49. The molecule has 0 spiro atoms. The van der Waals surface area contributed by atoms with Gasteiger partial charge in [0.2, 0.25) is 0 Å². The van der Waals surface area contributed by atoms with Gasteiger partial charge < -0.3 is 5.32 Å². The summed E-state index contributed by atoms with van der Waals surface area (Å²) < 4.78 is 26.5. The standard InChI is InChI=1S/C15H12F2N2/c1-10-3-2-4-12(7-10)19-15(9-18)13-6-5-11(16)8-14(13)17/h2-8,15,19H,1H3. The highest BCUT2D eigenvalue weighted by Gasteiger charge is 2.15. The van der Waals surface area contributed by atoms with E-state index >= 15 is 0 Å². The highest BCUT2D eigenvalue weighted by Crippen LogP contribution is 2.22. The molecule has 2 aromatic carbocycles. The maximum atomic E-state index is 13.6. The van der Waals surface area contributed by atoms with Crippen LogP contribution in [0.25, 0.3) is 0 Å². The molecule has 1 atom stereocenters. The van der Waals surface area contributed by atoms with Gasteiger partial charge in [0, 0.05) is 17.3 Å². The van der Waals surface area contributed by atoms with E-state index in [1.807, 2.05) is 31.2 Å². The van der Waals surface area contributed by atoms with Crippen LogP contribution < -0.4 is 5.32 Å². The average Bonchev–Trinajstić information content (AvgIpc) is 2.37. The SMILES string of the molecule is Cc1cccc(NC(C#N)c2ccc(F)cc2F)c1. The smallest absolute Gasteiger partial charge is 0.143 e. The Hall–Kier alpha value is -2.41. The fourth-order valence-electron chi connectivity index (χ4n) is 1.82. The third-order valence-electron chi connectivity index (χ3n) is 2.73. The molecule has 0 aliphatic heterocycles. The molecule has 0 aliphatic rings. The number of nitrogens with zero attached hydrogens (tertiary/aromatic N) is 1. The van der Waals surface area contributed by atoms with Crippen LogP contribution in [0.5, 0.6) is 0 Å². The summed E-state index contributed by atoms with van der Waals surface area (Å²) in [4.78, 5) is 0. The molecule has 2 aromatic rings. The molecule has 2 rings (SSSR count). The van der Waals surface area contributed by atoms with Gasteiger partial charge in [-0.05, 0) is 30.7 Å². The largest absolute Gasteiger partial charge is 0.366 e. The zero-order chi connectivity index (χ0) is 13.8. The van der Waals surface area contributed by atoms with Crippen molar-refractivity contribution in [3.05, 3.63) is 65.2 Å². The lowest BCUT2D eigenvalue weighted by atomic mass is 10.1. The molecule has 4 heteroatoms. The van der Waals surface area contributed by atoms with Crippen molar-refractivity contribution in [1.29, 1.82) is 5.26 Å². The van der Waals surface area contributed by atoms with Crippen LogP contribution in [0, 0.1) is 29.9 Å². The molecule has 0 aromatic heterocycles. The summed E-state index contributed by atoms with van der Waals surface area (Å²) in [5.41, 5.74) is 1.88. The van der Waals surface area contributed by atoms with Crippen LogP contribution in [0.2, 0.25) is 0 Å². The zero-order valence-corrected chi connectivity index (χ0v) is 10.3. The normalized spacial score (nSPS) is 11.7. The summed E-state index contributed by atoms with van der Waals surface area (Å²) in [6.45, 7) is 1.92. The molecule has 96 valence electrons. The predicted molar refractivity (Wildman–Crippen MR) is 69.5 cm³/mol. The number of benzene rings is 2. The Morgan fingerprint density at radius 1 is 1.16 bits per heavy atom. The topological polar surface area (TPSA) is 35.8 Å². The number of halogens is 2. The van der Waals surface area contributed by atoms with Gasteiger partial charge in [-0.2, -0.15) is 5.26 Å². The maximum Gasteiger partial charge on any atom is 0.143 e. The monoisotopic (exact) mass is 258 g/mol. The second kappa shape index (κ2) is 5.49. The Labute approximate surface area is 110 Å². The van der Waals surface area contributed by atoms with E-state index in [-0.39, 0.29) is 5.56 Å². The van der Waals surface area contributed by atoms with Crippen molar-refractivity contribution < 1.29 is 8.78 Å². The van der Waals surface area contributed by atoms with Gasteiger partial charge in [0.05, 0.1) is 6.07 Å². The summed E-state index contributed by atoms with van der Waals surface area (Å²) in [5.74, 6) is -1.39. The zero-order valence-electron chi connectivity index (χ0n) is 10.3. The first-order valence-electron chi connectivity index (χ1n) is 5.78. The van der Waals surface area contributed by atoms with E-state index in [9.17, 15) is 8.78 Å². The summed E-state index contributed by atoms with van der Waals surface area (Å²) in [6.07, 6.45) is 0. The Bertz CT molecular complexity index is 632. The number of nitrogens with one attached hydrogen (secondary N) is 1. The third-order valence-corrected chi connectivity index (χ3v) is 2.73. The van der Waals surface area contributed by atoms with Crippen LogP contribution in [-0.4, -0.2) is 0 Å². The number of rotatable bonds is 3. The van der Waals surface area contributed by atoms with E-state index in [2.05, 4.69) is 5.32 Å². The molecule has 0 radical (unpaired) electrons. The third kappa shape index (κ3) is 3.08. The molecule has 1 unspecified atom stereocenters. The molecule has 0 amide bonds. The number of anilines is 1. The molecule has 0 aliphatic carbocycles. The number of aryl methyl sites for hydroxylation is 1. The lowest BCUT2D eigenvalue weighted by Crippen LogP contribution is -2.10. The summed E-state index contributed by atoms with van der Waals surface area (Å²) >= 11 is 0. The van der Waals surface area contributed by atoms with E-state index < -0.39 is 17.7 Å². The van der Waals surface area contributed by atoms with E-state index in [0.717, 1.165) is 23.4 Å². The highest BCUT2D eigenvalue weighted by atomic mass is 19.1. The number of hydrogen-bond donors (Lipinski definition) is 1. The van der Waals surface area contributed by atoms with Crippen LogP contribution in [-0.2, 0) is 0 Å². The van der Waals surface area contributed by atoms with Gasteiger partial charge in [-0.1, -0.05) is 18.2 Å². The molecule has 1 N–H and O–H groups in total. The Morgan fingerprint density at radius 2 is 1.95 bits per heavy atom. The maximum absolute atomic E-state index is 13.6. The van der Waals surface area contributed by atoms with Gasteiger partial charge in [0.25, 0.3) is 0 Å². The number of hydrogen-bond acceptors (Lipinski definition) is 2. The minimum absolute atomic E-state index is 0.130. The molecular formula is C15H12F2N2. The van der Waals surface area contributed by atoms with Gasteiger partial charge >= 0.3 is 0 Å². The lowest BCUT2D eigenvalue weighted by molar-refractivity contribution is 0.570. The minimum Gasteiger partial charge on any atom is -0.366 e. The summed E-state index contributed by atoms with van der Waals surface area (Å²) in [7, 11) is 0. The van der Waals surface area contributed by atoms with Gasteiger partial charge in [-0.3, -0.25) is 0 Å². The Balaban J connectivity index is 2.28. The second-order valence-corrected chi connectivity index (χ2v) is 4.24. The van der Waals surface area contributed by atoms with Gasteiger partial charge in [-0.15, -0.1) is 0 Å². The molecule has 19 heavy (non-hydrogen) atoms. The fourth-order valence-corrected chi connectivity index (χ4v) is 1.82. The van der Waals surface area contributed by atoms with Gasteiger partial charge in [-0.25, -0.2) is 8.78 Å². The van der Waals surface area contributed by atoms with Crippen molar-refractivity contribution in [1.82, 2.24) is 0 Å². The molecule has 0 bridgehead atoms. The van der Waals surface area contributed by atoms with Crippen molar-refractivity contribution in [3.8, 4) is 6.07 Å². The van der Waals surface area contributed by atoms with Crippen LogP contribution in [0.1, 0.15) is 17.2 Å². The van der Waals surface area contributed by atoms with Gasteiger partial charge in [0.15, 0.2) is 0 Å². The first-order valence-corrected chi connectivity index (χ1v) is 5.78. The van der Waals surface area contributed by atoms with E-state index in [4.69, 9.17) is 5.26 Å². The molecule has 0 saturated heterocycles. The average molecular weight is 258 g/mol. The molecule has 2 nitrogen and oxygen atoms in total. The Kier molecular flexibility index (Phi) is 3.76. The van der Waals surface area contributed by atoms with Crippen LogP contribution in [0.4, 0.5) is 14.5 Å². The lowest BCUT2D eigenvalue weighted by Gasteiger charge is -2.14. The fraction of sp³-hybridized carbons (Fsp3) is 0.133. The molecule has 0 fully saturated rings. The van der Waals surface area contributed by atoms with Crippen molar-refractivity contribution in [3.63, 3.8) is 0 Å². The van der Waals surface area contributed by atoms with Crippen molar-refractivity contribution in [2.75, 3.05) is 5.32 Å². The first-order chi connectivity index (χ1) is 9.10.